The van der Waals surface area contributed by atoms with Crippen molar-refractivity contribution in [3.63, 3.8) is 0 Å². The minimum absolute atomic E-state index is 0.0125. The highest BCUT2D eigenvalue weighted by atomic mass is 32.2. The average molecular weight is 475 g/mol. The molecule has 2 amide bonds. The van der Waals surface area contributed by atoms with E-state index in [9.17, 15) is 22.8 Å². The first-order valence-corrected chi connectivity index (χ1v) is 10.9. The van der Waals surface area contributed by atoms with Crippen LogP contribution in [0.1, 0.15) is 4.88 Å². The van der Waals surface area contributed by atoms with E-state index < -0.39 is 6.36 Å². The molecule has 0 radical (unpaired) electrons. The number of rotatable bonds is 8. The lowest BCUT2D eigenvalue weighted by Gasteiger charge is -2.09. The topological polar surface area (TPSA) is 93.2 Å². The van der Waals surface area contributed by atoms with Crippen LogP contribution in [-0.4, -0.2) is 34.1 Å². The summed E-state index contributed by atoms with van der Waals surface area (Å²) >= 11 is 3.74. The zero-order valence-electron chi connectivity index (χ0n) is 14.9. The van der Waals surface area contributed by atoms with Crippen LogP contribution < -0.4 is 15.4 Å². The summed E-state index contributed by atoms with van der Waals surface area (Å²) in [5.41, 5.74) is 0.328. The number of anilines is 2. The molecule has 1 aromatic carbocycles. The summed E-state index contributed by atoms with van der Waals surface area (Å²) in [5.74, 6) is -0.945. The number of carbonyl (C=O) groups excluding carboxylic acids is 2. The molecule has 0 saturated carbocycles. The first kappa shape index (κ1) is 22.1. The molecule has 0 aliphatic carbocycles. The highest BCUT2D eigenvalue weighted by Crippen LogP contribution is 2.27. The summed E-state index contributed by atoms with van der Waals surface area (Å²) in [7, 11) is 0. The van der Waals surface area contributed by atoms with Crippen molar-refractivity contribution in [2.24, 2.45) is 0 Å². The van der Waals surface area contributed by atoms with Crippen LogP contribution in [0.4, 0.5) is 24.0 Å². The number of aromatic nitrogens is 2. The van der Waals surface area contributed by atoms with E-state index >= 15 is 0 Å². The Morgan fingerprint density at radius 1 is 1.07 bits per heavy atom. The molecule has 30 heavy (non-hydrogen) atoms. The number of thiophene rings is 1. The fourth-order valence-corrected chi connectivity index (χ4v) is 4.39. The van der Waals surface area contributed by atoms with Gasteiger partial charge in [0.05, 0.1) is 12.2 Å². The van der Waals surface area contributed by atoms with Crippen molar-refractivity contribution < 1.29 is 27.5 Å². The van der Waals surface area contributed by atoms with Gasteiger partial charge in [-0.05, 0) is 35.7 Å². The molecule has 0 aliphatic rings. The smallest absolute Gasteiger partial charge is 0.406 e. The van der Waals surface area contributed by atoms with Gasteiger partial charge in [-0.2, -0.15) is 0 Å². The Balaban J connectivity index is 1.43. The number of halogens is 3. The summed E-state index contributed by atoms with van der Waals surface area (Å²) in [6.45, 7) is 0. The van der Waals surface area contributed by atoms with Crippen LogP contribution in [0, 0.1) is 0 Å². The third-order valence-electron chi connectivity index (χ3n) is 3.27. The fraction of sp³-hybridized carbons (Fsp3) is 0.176. The molecule has 13 heteroatoms. The molecule has 158 valence electrons. The first-order chi connectivity index (χ1) is 14.3. The van der Waals surface area contributed by atoms with E-state index in [1.807, 2.05) is 17.5 Å². The Kier molecular flexibility index (Phi) is 7.29. The maximum absolute atomic E-state index is 12.1. The molecule has 2 aromatic heterocycles. The van der Waals surface area contributed by atoms with Gasteiger partial charge in [0, 0.05) is 10.6 Å². The normalized spacial score (nSPS) is 11.2. The number of alkyl halides is 3. The quantitative estimate of drug-likeness (QED) is 0.371. The number of nitrogens with zero attached hydrogens (tertiary/aromatic N) is 2. The van der Waals surface area contributed by atoms with Gasteiger partial charge in [-0.1, -0.05) is 29.2 Å². The van der Waals surface area contributed by atoms with Gasteiger partial charge in [0.25, 0.3) is 0 Å². The third kappa shape index (κ3) is 7.31. The minimum Gasteiger partial charge on any atom is -0.406 e. The minimum atomic E-state index is -4.77. The molecule has 3 aromatic rings. The molecule has 0 saturated heterocycles. The number of ether oxygens (including phenoxy) is 1. The van der Waals surface area contributed by atoms with Crippen LogP contribution in [0.25, 0.3) is 0 Å². The molecule has 2 heterocycles. The predicted octanol–water partition coefficient (Wildman–Crippen LogP) is 4.41. The maximum Gasteiger partial charge on any atom is 0.573 e. The second kappa shape index (κ2) is 9.91. The number of hydrogen-bond donors (Lipinski definition) is 2. The summed E-state index contributed by atoms with van der Waals surface area (Å²) in [5, 5.41) is 15.2. The number of thioether (sulfide) groups is 1. The van der Waals surface area contributed by atoms with Gasteiger partial charge in [-0.25, -0.2) is 0 Å². The highest BCUT2D eigenvalue weighted by Gasteiger charge is 2.30. The highest BCUT2D eigenvalue weighted by molar-refractivity contribution is 8.01. The molecule has 2 N–H and O–H groups in total. The Bertz CT molecular complexity index is 992. The van der Waals surface area contributed by atoms with Gasteiger partial charge in [-0.3, -0.25) is 9.59 Å². The number of nitrogens with one attached hydrogen (secondary N) is 2. The standard InChI is InChI=1S/C17H13F3N4O3S3/c18-17(19,20)27-11-5-3-10(4-6-11)21-14(26)9-29-16-24-23-15(30-16)22-13(25)8-12-2-1-7-28-12/h1-7H,8-9H2,(H,21,26)(H,22,23,25). The number of benzene rings is 1. The third-order valence-corrected chi connectivity index (χ3v) is 6.11. The molecular weight excluding hydrogens is 461 g/mol. The molecule has 3 rings (SSSR count). The van der Waals surface area contributed by atoms with E-state index in [-0.39, 0.29) is 29.7 Å². The van der Waals surface area contributed by atoms with E-state index in [1.54, 1.807) is 0 Å². The van der Waals surface area contributed by atoms with E-state index in [1.165, 1.54) is 23.5 Å². The van der Waals surface area contributed by atoms with Gasteiger partial charge in [0.1, 0.15) is 5.75 Å². The molecule has 7 nitrogen and oxygen atoms in total. The van der Waals surface area contributed by atoms with Gasteiger partial charge < -0.3 is 15.4 Å². The Morgan fingerprint density at radius 2 is 1.83 bits per heavy atom. The predicted molar refractivity (Wildman–Crippen MR) is 109 cm³/mol. The summed E-state index contributed by atoms with van der Waals surface area (Å²) < 4.78 is 40.7. The van der Waals surface area contributed by atoms with E-state index in [0.717, 1.165) is 40.1 Å². The van der Waals surface area contributed by atoms with Gasteiger partial charge >= 0.3 is 6.36 Å². The number of carbonyl (C=O) groups is 2. The van der Waals surface area contributed by atoms with Crippen molar-refractivity contribution in [3.8, 4) is 5.75 Å². The SMILES string of the molecule is O=C(CSc1nnc(NC(=O)Cc2cccs2)s1)Nc1ccc(OC(F)(F)F)cc1. The maximum atomic E-state index is 12.1. The van der Waals surface area contributed by atoms with Crippen molar-refractivity contribution in [2.75, 3.05) is 16.4 Å². The van der Waals surface area contributed by atoms with Crippen LogP contribution in [-0.2, 0) is 16.0 Å². The zero-order valence-corrected chi connectivity index (χ0v) is 17.4. The molecule has 0 fully saturated rings. The Hall–Kier alpha value is -2.64. The lowest BCUT2D eigenvalue weighted by atomic mass is 10.3. The summed E-state index contributed by atoms with van der Waals surface area (Å²) in [6.07, 6.45) is -4.53. The molecule has 0 spiro atoms. The van der Waals surface area contributed by atoms with Crippen molar-refractivity contribution in [1.29, 1.82) is 0 Å². The van der Waals surface area contributed by atoms with Crippen molar-refractivity contribution >= 4 is 57.1 Å². The molecular formula is C17H13F3N4O3S3. The van der Waals surface area contributed by atoms with Crippen molar-refractivity contribution in [1.82, 2.24) is 10.2 Å². The second-order valence-corrected chi connectivity index (χ2v) is 8.82. The molecule has 0 aliphatic heterocycles. The number of amides is 2. The van der Waals surface area contributed by atoms with Crippen LogP contribution in [0.3, 0.4) is 0 Å². The fourth-order valence-electron chi connectivity index (χ4n) is 2.12. The largest absolute Gasteiger partial charge is 0.573 e. The molecule has 0 bridgehead atoms. The monoisotopic (exact) mass is 474 g/mol. The van der Waals surface area contributed by atoms with Gasteiger partial charge in [0.2, 0.25) is 16.9 Å². The Morgan fingerprint density at radius 3 is 2.50 bits per heavy atom. The molecule has 0 unspecified atom stereocenters. The van der Waals surface area contributed by atoms with E-state index in [4.69, 9.17) is 0 Å². The van der Waals surface area contributed by atoms with Gasteiger partial charge in [-0.15, -0.1) is 34.7 Å². The van der Waals surface area contributed by atoms with Gasteiger partial charge in [0.15, 0.2) is 4.34 Å². The van der Waals surface area contributed by atoms with Crippen molar-refractivity contribution in [3.05, 3.63) is 46.7 Å². The van der Waals surface area contributed by atoms with Crippen LogP contribution >= 0.6 is 34.4 Å². The number of hydrogen-bond acceptors (Lipinski definition) is 8. The summed E-state index contributed by atoms with van der Waals surface area (Å²) in [4.78, 5) is 24.9. The van der Waals surface area contributed by atoms with E-state index in [0.29, 0.717) is 15.2 Å². The lowest BCUT2D eigenvalue weighted by molar-refractivity contribution is -0.274. The van der Waals surface area contributed by atoms with Crippen molar-refractivity contribution in [2.45, 2.75) is 17.1 Å². The lowest BCUT2D eigenvalue weighted by Crippen LogP contribution is -2.17. The van der Waals surface area contributed by atoms with Crippen LogP contribution in [0.15, 0.2) is 46.1 Å². The zero-order chi connectivity index (χ0) is 21.6. The first-order valence-electron chi connectivity index (χ1n) is 8.21. The van der Waals surface area contributed by atoms with E-state index in [2.05, 4.69) is 25.6 Å². The molecule has 0 atom stereocenters. The second-order valence-electron chi connectivity index (χ2n) is 5.59. The Labute approximate surface area is 180 Å². The van der Waals surface area contributed by atoms with Crippen LogP contribution in [0.5, 0.6) is 5.75 Å². The average Bonchev–Trinajstić information content (AvgIpc) is 3.32. The van der Waals surface area contributed by atoms with Crippen LogP contribution in [0.2, 0.25) is 0 Å². The summed E-state index contributed by atoms with van der Waals surface area (Å²) in [6, 6.07) is 8.54.